The van der Waals surface area contributed by atoms with Gasteiger partial charge in [0, 0.05) is 67.6 Å². The molecule has 0 atom stereocenters. The molecule has 5 heterocycles. The Morgan fingerprint density at radius 1 is 0.296 bits per heavy atom. The van der Waals surface area contributed by atoms with Crippen molar-refractivity contribution < 1.29 is 0 Å². The Morgan fingerprint density at radius 3 is 1.48 bits per heavy atom. The van der Waals surface area contributed by atoms with Crippen LogP contribution < -0.4 is 0 Å². The minimum Gasteiger partial charge on any atom is -0.256 e. The Hall–Kier alpha value is -7.51. The highest BCUT2D eigenvalue weighted by atomic mass is 15.0. The van der Waals surface area contributed by atoms with Crippen molar-refractivity contribution in [1.82, 2.24) is 34.9 Å². The summed E-state index contributed by atoms with van der Waals surface area (Å²) in [5, 5.41) is 9.56. The first kappa shape index (κ1) is 30.1. The third-order valence-corrected chi connectivity index (χ3v) is 10.3. The minimum absolute atomic E-state index is 0.523. The lowest BCUT2D eigenvalue weighted by Crippen LogP contribution is -2.02. The fraction of sp³-hybridized carbons (Fsp3) is 0. The van der Waals surface area contributed by atoms with Gasteiger partial charge in [-0.15, -0.1) is 0 Å². The molecule has 0 spiro atoms. The molecule has 11 rings (SSSR count). The number of hydrogen-bond donors (Lipinski definition) is 0. The van der Waals surface area contributed by atoms with Crippen LogP contribution in [0.5, 0.6) is 0 Å². The van der Waals surface area contributed by atoms with Gasteiger partial charge in [-0.2, -0.15) is 0 Å². The number of para-hydroxylation sites is 3. The molecule has 0 aliphatic heterocycles. The van der Waals surface area contributed by atoms with E-state index in [2.05, 4.69) is 88.8 Å². The second kappa shape index (κ2) is 12.0. The van der Waals surface area contributed by atoms with Crippen molar-refractivity contribution in [3.8, 4) is 45.6 Å². The van der Waals surface area contributed by atoms with Gasteiger partial charge in [0.15, 0.2) is 17.5 Å². The molecule has 0 bridgehead atoms. The lowest BCUT2D eigenvalue weighted by molar-refractivity contribution is 1.08. The van der Waals surface area contributed by atoms with Crippen LogP contribution in [0.2, 0.25) is 0 Å². The van der Waals surface area contributed by atoms with Gasteiger partial charge >= 0.3 is 0 Å². The molecule has 11 aromatic rings. The van der Waals surface area contributed by atoms with Crippen LogP contribution >= 0.6 is 0 Å². The van der Waals surface area contributed by atoms with Crippen LogP contribution in [0.3, 0.4) is 0 Å². The highest BCUT2D eigenvalue weighted by Crippen LogP contribution is 2.40. The molecule has 0 radical (unpaired) electrons. The van der Waals surface area contributed by atoms with Crippen LogP contribution in [-0.2, 0) is 0 Å². The number of benzene rings is 6. The standard InChI is InChI=1S/C47H27N7/c1-2-12-29-28(11-1)21-22-37-42(29)36-17-7-10-20-41(36)51-44(37)43-33-16-4-3-13-30(33)38(27-50-43)47-53-45(34-23-25-48-39-18-8-5-14-31(34)39)52-46(54-47)35-24-26-49-40-19-9-6-15-32(35)40/h1-27H. The Kier molecular flexibility index (Phi) is 6.72. The van der Waals surface area contributed by atoms with Crippen molar-refractivity contribution in [3.63, 3.8) is 0 Å². The van der Waals surface area contributed by atoms with Crippen LogP contribution in [0, 0.1) is 0 Å². The zero-order valence-electron chi connectivity index (χ0n) is 28.7. The van der Waals surface area contributed by atoms with E-state index >= 15 is 0 Å². The second-order valence-electron chi connectivity index (χ2n) is 13.3. The Morgan fingerprint density at radius 2 is 0.815 bits per heavy atom. The number of rotatable bonds is 4. The highest BCUT2D eigenvalue weighted by molar-refractivity contribution is 6.23. The van der Waals surface area contributed by atoms with E-state index in [0.29, 0.717) is 17.5 Å². The van der Waals surface area contributed by atoms with E-state index in [1.807, 2.05) is 72.9 Å². The molecule has 5 aromatic heterocycles. The first-order valence-corrected chi connectivity index (χ1v) is 17.8. The van der Waals surface area contributed by atoms with Gasteiger partial charge < -0.3 is 0 Å². The maximum Gasteiger partial charge on any atom is 0.166 e. The molecule has 0 unspecified atom stereocenters. The van der Waals surface area contributed by atoms with E-state index in [1.54, 1.807) is 12.4 Å². The van der Waals surface area contributed by atoms with Crippen molar-refractivity contribution >= 4 is 65.0 Å². The summed E-state index contributed by atoms with van der Waals surface area (Å²) in [5.74, 6) is 1.63. The van der Waals surface area contributed by atoms with Crippen molar-refractivity contribution in [2.75, 3.05) is 0 Å². The van der Waals surface area contributed by atoms with Crippen LogP contribution in [0.4, 0.5) is 0 Å². The van der Waals surface area contributed by atoms with Crippen molar-refractivity contribution in [2.24, 2.45) is 0 Å². The smallest absolute Gasteiger partial charge is 0.166 e. The topological polar surface area (TPSA) is 90.2 Å². The summed E-state index contributed by atoms with van der Waals surface area (Å²) >= 11 is 0. The summed E-state index contributed by atoms with van der Waals surface area (Å²) < 4.78 is 0. The number of hydrogen-bond acceptors (Lipinski definition) is 7. The number of aromatic nitrogens is 7. The van der Waals surface area contributed by atoms with Gasteiger partial charge in [-0.05, 0) is 46.5 Å². The molecule has 7 heteroatoms. The Labute approximate surface area is 308 Å². The van der Waals surface area contributed by atoms with E-state index in [9.17, 15) is 0 Å². The molecule has 6 aromatic carbocycles. The summed E-state index contributed by atoms with van der Waals surface area (Å²) in [6.45, 7) is 0. The fourth-order valence-electron chi connectivity index (χ4n) is 7.78. The van der Waals surface area contributed by atoms with Crippen molar-refractivity contribution in [3.05, 3.63) is 164 Å². The van der Waals surface area contributed by atoms with Gasteiger partial charge in [-0.3, -0.25) is 15.0 Å². The maximum atomic E-state index is 5.28. The van der Waals surface area contributed by atoms with E-state index in [0.717, 1.165) is 76.9 Å². The van der Waals surface area contributed by atoms with E-state index in [1.165, 1.54) is 16.2 Å². The highest BCUT2D eigenvalue weighted by Gasteiger charge is 2.21. The number of pyridine rings is 4. The molecule has 0 aliphatic carbocycles. The van der Waals surface area contributed by atoms with Gasteiger partial charge in [-0.1, -0.05) is 115 Å². The average molecular weight is 690 g/mol. The van der Waals surface area contributed by atoms with E-state index < -0.39 is 0 Å². The summed E-state index contributed by atoms with van der Waals surface area (Å²) in [6, 6.07) is 49.6. The van der Waals surface area contributed by atoms with Gasteiger partial charge in [-0.25, -0.2) is 19.9 Å². The van der Waals surface area contributed by atoms with Crippen LogP contribution in [0.25, 0.3) is 111 Å². The van der Waals surface area contributed by atoms with Crippen LogP contribution in [-0.4, -0.2) is 34.9 Å². The quantitative estimate of drug-likeness (QED) is 0.170. The SMILES string of the molecule is c1ccc2c(c1)ccc1c(-c3ncc(-c4nc(-c5ccnc6ccccc56)nc(-c5ccnc6ccccc56)n4)c4ccccc34)nc3ccccc3c12. The minimum atomic E-state index is 0.523. The molecule has 250 valence electrons. The molecule has 0 saturated carbocycles. The normalized spacial score (nSPS) is 11.7. The van der Waals surface area contributed by atoms with Gasteiger partial charge in [0.1, 0.15) is 0 Å². The predicted molar refractivity (Wildman–Crippen MR) is 218 cm³/mol. The average Bonchev–Trinajstić information content (AvgIpc) is 3.25. The second-order valence-corrected chi connectivity index (χ2v) is 13.3. The molecule has 0 aliphatic rings. The maximum absolute atomic E-state index is 5.28. The first-order chi connectivity index (χ1) is 26.8. The molecule has 54 heavy (non-hydrogen) atoms. The van der Waals surface area contributed by atoms with Crippen molar-refractivity contribution in [1.29, 1.82) is 0 Å². The zero-order valence-corrected chi connectivity index (χ0v) is 28.7. The molecule has 0 N–H and O–H groups in total. The summed E-state index contributed by atoms with van der Waals surface area (Å²) in [4.78, 5) is 35.2. The molecular formula is C47H27N7. The lowest BCUT2D eigenvalue weighted by atomic mass is 9.95. The van der Waals surface area contributed by atoms with E-state index in [-0.39, 0.29) is 0 Å². The Bertz CT molecular complexity index is 3180. The summed E-state index contributed by atoms with van der Waals surface area (Å²) in [7, 11) is 0. The van der Waals surface area contributed by atoms with Crippen LogP contribution in [0.15, 0.2) is 164 Å². The van der Waals surface area contributed by atoms with Crippen molar-refractivity contribution in [2.45, 2.75) is 0 Å². The molecule has 0 fully saturated rings. The lowest BCUT2D eigenvalue weighted by Gasteiger charge is -2.15. The number of fused-ring (bicyclic) bond motifs is 8. The van der Waals surface area contributed by atoms with Gasteiger partial charge in [0.2, 0.25) is 0 Å². The first-order valence-electron chi connectivity index (χ1n) is 17.8. The monoisotopic (exact) mass is 689 g/mol. The summed E-state index contributed by atoms with van der Waals surface area (Å²) in [5.41, 5.74) is 6.84. The molecule has 0 amide bonds. The van der Waals surface area contributed by atoms with Gasteiger partial charge in [0.25, 0.3) is 0 Å². The van der Waals surface area contributed by atoms with Gasteiger partial charge in [0.05, 0.1) is 27.9 Å². The third-order valence-electron chi connectivity index (χ3n) is 10.3. The molecule has 0 saturated heterocycles. The van der Waals surface area contributed by atoms with E-state index in [4.69, 9.17) is 24.9 Å². The largest absolute Gasteiger partial charge is 0.256 e. The Balaban J connectivity index is 1.19. The number of nitrogens with zero attached hydrogens (tertiary/aromatic N) is 7. The third kappa shape index (κ3) is 4.72. The summed E-state index contributed by atoms with van der Waals surface area (Å²) in [6.07, 6.45) is 5.50. The fourth-order valence-corrected chi connectivity index (χ4v) is 7.78. The zero-order chi connectivity index (χ0) is 35.6. The molecule has 7 nitrogen and oxygen atoms in total. The molecular weight excluding hydrogens is 663 g/mol. The predicted octanol–water partition coefficient (Wildman–Crippen LogP) is 11.0. The van der Waals surface area contributed by atoms with Crippen LogP contribution in [0.1, 0.15) is 0 Å².